The molecule has 5 rings (SSSR count). The highest BCUT2D eigenvalue weighted by Crippen LogP contribution is 2.61. The van der Waals surface area contributed by atoms with Gasteiger partial charge in [0.2, 0.25) is 0 Å². The molecule has 4 heteroatoms. The number of phenolic OH excluding ortho intramolecular Hbond substituents is 1. The maximum absolute atomic E-state index is 12.6. The Kier molecular flexibility index (Phi) is 4.85. The van der Waals surface area contributed by atoms with E-state index in [0.717, 1.165) is 49.7 Å². The Morgan fingerprint density at radius 3 is 2.70 bits per heavy atom. The first-order chi connectivity index (χ1) is 14.5. The van der Waals surface area contributed by atoms with Gasteiger partial charge in [-0.2, -0.15) is 0 Å². The monoisotopic (exact) mass is 406 g/mol. The second kappa shape index (κ2) is 7.42. The van der Waals surface area contributed by atoms with Gasteiger partial charge in [-0.1, -0.05) is 25.1 Å². The number of hydrogen-bond donors (Lipinski definition) is 2. The molecule has 0 aliphatic heterocycles. The summed E-state index contributed by atoms with van der Waals surface area (Å²) in [6.07, 6.45) is 6.05. The minimum absolute atomic E-state index is 0.0573. The number of aliphatic hydroxyl groups excluding tert-OH is 1. The normalized spacial score (nSPS) is 29.8. The molecular formula is C26H30O4. The fourth-order valence-corrected chi connectivity index (χ4v) is 6.67. The molecule has 0 unspecified atom stereocenters. The number of para-hydroxylation sites is 1. The van der Waals surface area contributed by atoms with Crippen molar-refractivity contribution in [2.24, 2.45) is 17.3 Å². The van der Waals surface area contributed by atoms with Gasteiger partial charge in [0.15, 0.2) is 11.5 Å². The van der Waals surface area contributed by atoms with Gasteiger partial charge in [0.1, 0.15) is 11.5 Å². The number of hydrogen-bond acceptors (Lipinski definition) is 4. The molecule has 2 saturated carbocycles. The molecule has 0 spiro atoms. The van der Waals surface area contributed by atoms with Crippen molar-refractivity contribution in [3.8, 4) is 17.2 Å². The standard InChI is InChI=1S/C26H30O4/c1-26-13-11-19-18(21(26)9-10-23(26)29)7-8-20-24(19)16(12-14-27)15-22(28)25(20)30-17-5-3-2-4-6-17/h2-6,15,18-19,21,27-28H,7-14H2,1H3/t18-,19+,21+,26+/m1/s1. The van der Waals surface area contributed by atoms with Crippen LogP contribution in [0.3, 0.4) is 0 Å². The minimum Gasteiger partial charge on any atom is -0.504 e. The van der Waals surface area contributed by atoms with Crippen LogP contribution >= 0.6 is 0 Å². The first-order valence-corrected chi connectivity index (χ1v) is 11.3. The highest BCUT2D eigenvalue weighted by atomic mass is 16.5. The predicted octanol–water partition coefficient (Wildman–Crippen LogP) is 5.14. The van der Waals surface area contributed by atoms with Gasteiger partial charge >= 0.3 is 0 Å². The van der Waals surface area contributed by atoms with Crippen LogP contribution < -0.4 is 4.74 Å². The van der Waals surface area contributed by atoms with Crippen LogP contribution in [0.1, 0.15) is 61.6 Å². The number of benzene rings is 2. The topological polar surface area (TPSA) is 66.8 Å². The Bertz CT molecular complexity index is 967. The molecule has 2 fully saturated rings. The van der Waals surface area contributed by atoms with Crippen LogP contribution in [0.15, 0.2) is 36.4 Å². The van der Waals surface area contributed by atoms with E-state index in [1.807, 2.05) is 30.3 Å². The quantitative estimate of drug-likeness (QED) is 0.737. The van der Waals surface area contributed by atoms with Crippen molar-refractivity contribution in [3.63, 3.8) is 0 Å². The lowest BCUT2D eigenvalue weighted by Crippen LogP contribution is -2.42. The summed E-state index contributed by atoms with van der Waals surface area (Å²) in [6.45, 7) is 2.25. The number of aromatic hydroxyl groups is 1. The largest absolute Gasteiger partial charge is 0.504 e. The van der Waals surface area contributed by atoms with Crippen molar-refractivity contribution in [2.75, 3.05) is 6.61 Å². The van der Waals surface area contributed by atoms with Crippen LogP contribution in [0, 0.1) is 17.3 Å². The van der Waals surface area contributed by atoms with Crippen molar-refractivity contribution < 1.29 is 19.7 Å². The third kappa shape index (κ3) is 2.96. The molecule has 4 nitrogen and oxygen atoms in total. The molecule has 2 aromatic rings. The van der Waals surface area contributed by atoms with Crippen molar-refractivity contribution in [1.29, 1.82) is 0 Å². The van der Waals surface area contributed by atoms with E-state index in [9.17, 15) is 15.0 Å². The zero-order chi connectivity index (χ0) is 20.9. The lowest BCUT2D eigenvalue weighted by atomic mass is 9.55. The van der Waals surface area contributed by atoms with Gasteiger partial charge in [0.25, 0.3) is 0 Å². The summed E-state index contributed by atoms with van der Waals surface area (Å²) in [5.74, 6) is 3.19. The molecule has 0 saturated heterocycles. The van der Waals surface area contributed by atoms with Crippen molar-refractivity contribution in [2.45, 2.75) is 57.8 Å². The highest BCUT2D eigenvalue weighted by molar-refractivity contribution is 5.87. The summed E-state index contributed by atoms with van der Waals surface area (Å²) in [4.78, 5) is 12.6. The number of phenols is 1. The van der Waals surface area contributed by atoms with E-state index in [4.69, 9.17) is 4.74 Å². The van der Waals surface area contributed by atoms with Gasteiger partial charge in [-0.15, -0.1) is 0 Å². The Morgan fingerprint density at radius 2 is 1.93 bits per heavy atom. The number of rotatable bonds is 4. The summed E-state index contributed by atoms with van der Waals surface area (Å²) >= 11 is 0. The van der Waals surface area contributed by atoms with Crippen molar-refractivity contribution >= 4 is 5.78 Å². The average Bonchev–Trinajstić information content (AvgIpc) is 3.06. The molecular weight excluding hydrogens is 376 g/mol. The lowest BCUT2D eigenvalue weighted by Gasteiger charge is -2.49. The van der Waals surface area contributed by atoms with Crippen molar-refractivity contribution in [1.82, 2.24) is 0 Å². The van der Waals surface area contributed by atoms with E-state index >= 15 is 0 Å². The molecule has 0 radical (unpaired) electrons. The second-order valence-corrected chi connectivity index (χ2v) is 9.50. The number of carbonyl (C=O) groups is 1. The predicted molar refractivity (Wildman–Crippen MR) is 115 cm³/mol. The summed E-state index contributed by atoms with van der Waals surface area (Å²) in [7, 11) is 0. The Morgan fingerprint density at radius 1 is 1.13 bits per heavy atom. The molecule has 2 N–H and O–H groups in total. The zero-order valence-corrected chi connectivity index (χ0v) is 17.6. The molecule has 3 aliphatic rings. The molecule has 0 aromatic heterocycles. The van der Waals surface area contributed by atoms with E-state index in [1.165, 1.54) is 5.56 Å². The SMILES string of the molecule is C[C@]12CC[C@@H]3c4c(CCO)cc(O)c(Oc5ccccc5)c4CC[C@H]3[C@@H]1CCC2=O. The molecule has 4 atom stereocenters. The lowest BCUT2D eigenvalue weighted by molar-refractivity contribution is -0.129. The fourth-order valence-electron chi connectivity index (χ4n) is 6.67. The Labute approximate surface area is 177 Å². The second-order valence-electron chi connectivity index (χ2n) is 9.50. The molecule has 2 aromatic carbocycles. The number of ketones is 1. The van der Waals surface area contributed by atoms with E-state index in [1.54, 1.807) is 6.07 Å². The zero-order valence-electron chi connectivity index (χ0n) is 17.6. The summed E-state index contributed by atoms with van der Waals surface area (Å²) in [6, 6.07) is 11.4. The number of carbonyl (C=O) groups excluding carboxylic acids is 1. The Balaban J connectivity index is 1.59. The molecule has 0 amide bonds. The third-order valence-corrected chi connectivity index (χ3v) is 8.08. The van der Waals surface area contributed by atoms with E-state index in [0.29, 0.717) is 41.5 Å². The first kappa shape index (κ1) is 19.6. The van der Waals surface area contributed by atoms with Crippen LogP contribution in [-0.4, -0.2) is 22.6 Å². The van der Waals surface area contributed by atoms with Crippen LogP contribution in [0.5, 0.6) is 17.2 Å². The van der Waals surface area contributed by atoms with Crippen LogP contribution in [-0.2, 0) is 17.6 Å². The van der Waals surface area contributed by atoms with Gasteiger partial charge in [-0.3, -0.25) is 4.79 Å². The fraction of sp³-hybridized carbons (Fsp3) is 0.500. The summed E-state index contributed by atoms with van der Waals surface area (Å²) in [5.41, 5.74) is 3.24. The number of Topliss-reactive ketones (excluding diaryl/α,β-unsaturated/α-hetero) is 1. The van der Waals surface area contributed by atoms with Gasteiger partial charge < -0.3 is 14.9 Å². The number of ether oxygens (including phenoxy) is 1. The average molecular weight is 407 g/mol. The number of aliphatic hydroxyl groups is 1. The molecule has 3 aliphatic carbocycles. The maximum atomic E-state index is 12.6. The van der Waals surface area contributed by atoms with E-state index < -0.39 is 0 Å². The van der Waals surface area contributed by atoms with Gasteiger partial charge in [0.05, 0.1) is 0 Å². The summed E-state index contributed by atoms with van der Waals surface area (Å²) < 4.78 is 6.18. The van der Waals surface area contributed by atoms with Gasteiger partial charge in [-0.25, -0.2) is 0 Å². The highest BCUT2D eigenvalue weighted by Gasteiger charge is 2.55. The van der Waals surface area contributed by atoms with Gasteiger partial charge in [0, 0.05) is 24.0 Å². The third-order valence-electron chi connectivity index (χ3n) is 8.08. The van der Waals surface area contributed by atoms with Gasteiger partial charge in [-0.05, 0) is 85.6 Å². The van der Waals surface area contributed by atoms with Crippen molar-refractivity contribution in [3.05, 3.63) is 53.1 Å². The maximum Gasteiger partial charge on any atom is 0.172 e. The van der Waals surface area contributed by atoms with Crippen LogP contribution in [0.4, 0.5) is 0 Å². The number of fused-ring (bicyclic) bond motifs is 5. The first-order valence-electron chi connectivity index (χ1n) is 11.3. The van der Waals surface area contributed by atoms with Crippen LogP contribution in [0.25, 0.3) is 0 Å². The van der Waals surface area contributed by atoms with E-state index in [2.05, 4.69) is 6.92 Å². The molecule has 0 bridgehead atoms. The molecule has 158 valence electrons. The molecule has 0 heterocycles. The Hall–Kier alpha value is -2.33. The smallest absolute Gasteiger partial charge is 0.172 e. The minimum atomic E-state index is -0.157. The molecule has 30 heavy (non-hydrogen) atoms. The van der Waals surface area contributed by atoms with Crippen LogP contribution in [0.2, 0.25) is 0 Å². The van der Waals surface area contributed by atoms with E-state index in [-0.39, 0.29) is 17.8 Å². The summed E-state index contributed by atoms with van der Waals surface area (Å²) in [5, 5.41) is 20.5.